The van der Waals surface area contributed by atoms with E-state index in [1.54, 1.807) is 0 Å². The van der Waals surface area contributed by atoms with Crippen molar-refractivity contribution in [1.82, 2.24) is 14.8 Å². The fourth-order valence-corrected chi connectivity index (χ4v) is 1.88. The van der Waals surface area contributed by atoms with Crippen LogP contribution in [-0.2, 0) is 0 Å². The third-order valence-electron chi connectivity index (χ3n) is 2.84. The fourth-order valence-electron chi connectivity index (χ4n) is 1.88. The first kappa shape index (κ1) is 10.8. The summed E-state index contributed by atoms with van der Waals surface area (Å²) in [6.07, 6.45) is 1.97. The van der Waals surface area contributed by atoms with Crippen LogP contribution in [0, 0.1) is 0 Å². The van der Waals surface area contributed by atoms with E-state index in [4.69, 9.17) is 10.2 Å². The second kappa shape index (κ2) is 3.87. The van der Waals surface area contributed by atoms with Crippen molar-refractivity contribution in [3.63, 3.8) is 0 Å². The average molecular weight is 242 g/mol. The largest absolute Gasteiger partial charge is 0.424 e. The molecule has 3 aromatic rings. The van der Waals surface area contributed by atoms with Gasteiger partial charge in [-0.1, -0.05) is 0 Å². The second-order valence-electron chi connectivity index (χ2n) is 4.51. The summed E-state index contributed by atoms with van der Waals surface area (Å²) < 4.78 is 7.17. The van der Waals surface area contributed by atoms with Gasteiger partial charge in [-0.05, 0) is 38.1 Å². The molecular formula is C13H14N4O. The van der Waals surface area contributed by atoms with Gasteiger partial charge in [0.25, 0.3) is 6.01 Å². The third kappa shape index (κ3) is 1.73. The Labute approximate surface area is 104 Å². The molecule has 0 aliphatic heterocycles. The van der Waals surface area contributed by atoms with Crippen LogP contribution in [0.25, 0.3) is 22.4 Å². The van der Waals surface area contributed by atoms with Crippen LogP contribution >= 0.6 is 0 Å². The first-order valence-corrected chi connectivity index (χ1v) is 5.85. The highest BCUT2D eigenvalue weighted by molar-refractivity contribution is 5.80. The van der Waals surface area contributed by atoms with Gasteiger partial charge >= 0.3 is 0 Å². The molecule has 0 spiro atoms. The van der Waals surface area contributed by atoms with Crippen LogP contribution in [0.4, 0.5) is 6.01 Å². The van der Waals surface area contributed by atoms with E-state index >= 15 is 0 Å². The number of aromatic nitrogens is 3. The highest BCUT2D eigenvalue weighted by Gasteiger charge is 2.08. The molecule has 0 bridgehead atoms. The van der Waals surface area contributed by atoms with Crippen LogP contribution < -0.4 is 5.73 Å². The monoisotopic (exact) mass is 242 g/mol. The summed E-state index contributed by atoms with van der Waals surface area (Å²) in [6.45, 7) is 4.19. The normalized spacial score (nSPS) is 11.5. The summed E-state index contributed by atoms with van der Waals surface area (Å²) in [4.78, 5) is 4.12. The van der Waals surface area contributed by atoms with Crippen LogP contribution in [0.1, 0.15) is 19.9 Å². The summed E-state index contributed by atoms with van der Waals surface area (Å²) >= 11 is 0. The molecule has 1 aromatic carbocycles. The van der Waals surface area contributed by atoms with Gasteiger partial charge in [-0.3, -0.25) is 4.68 Å². The number of hydrogen-bond donors (Lipinski definition) is 1. The Morgan fingerprint density at radius 3 is 2.83 bits per heavy atom. The van der Waals surface area contributed by atoms with Crippen molar-refractivity contribution >= 4 is 17.1 Å². The van der Waals surface area contributed by atoms with Gasteiger partial charge in [-0.2, -0.15) is 10.1 Å². The van der Waals surface area contributed by atoms with Gasteiger partial charge in [0.1, 0.15) is 5.52 Å². The standard InChI is InChI=1S/C13H14N4O/c1-8(2)17-6-5-10(16-17)9-3-4-12-11(7-9)15-13(14)18-12/h3-8H,1-2H3,(H2,14,15). The van der Waals surface area contributed by atoms with Gasteiger partial charge in [0, 0.05) is 17.8 Å². The zero-order valence-corrected chi connectivity index (χ0v) is 10.3. The number of hydrogen-bond acceptors (Lipinski definition) is 4. The van der Waals surface area contributed by atoms with E-state index in [-0.39, 0.29) is 6.01 Å². The first-order valence-electron chi connectivity index (χ1n) is 5.85. The molecule has 5 heteroatoms. The summed E-state index contributed by atoms with van der Waals surface area (Å²) in [5.74, 6) is 0. The third-order valence-corrected chi connectivity index (χ3v) is 2.84. The highest BCUT2D eigenvalue weighted by Crippen LogP contribution is 2.24. The van der Waals surface area contributed by atoms with Crippen LogP contribution in [0.15, 0.2) is 34.9 Å². The highest BCUT2D eigenvalue weighted by atomic mass is 16.4. The summed E-state index contributed by atoms with van der Waals surface area (Å²) in [5, 5.41) is 4.52. The molecule has 2 aromatic heterocycles. The van der Waals surface area contributed by atoms with E-state index in [0.29, 0.717) is 11.6 Å². The number of nitrogens with two attached hydrogens (primary N) is 1. The molecule has 2 heterocycles. The van der Waals surface area contributed by atoms with Crippen molar-refractivity contribution in [3.8, 4) is 11.3 Å². The average Bonchev–Trinajstić information content (AvgIpc) is 2.91. The van der Waals surface area contributed by atoms with E-state index in [2.05, 4.69) is 23.9 Å². The summed E-state index contributed by atoms with van der Waals surface area (Å²) in [5.41, 5.74) is 8.91. The zero-order chi connectivity index (χ0) is 12.7. The maximum absolute atomic E-state index is 5.53. The lowest BCUT2D eigenvalue weighted by Crippen LogP contribution is -2.00. The van der Waals surface area contributed by atoms with E-state index < -0.39 is 0 Å². The molecule has 92 valence electrons. The predicted molar refractivity (Wildman–Crippen MR) is 70.0 cm³/mol. The lowest BCUT2D eigenvalue weighted by atomic mass is 10.1. The molecule has 0 saturated carbocycles. The Bertz CT molecular complexity index is 696. The van der Waals surface area contributed by atoms with E-state index in [1.807, 2.05) is 35.1 Å². The molecule has 0 atom stereocenters. The molecule has 18 heavy (non-hydrogen) atoms. The van der Waals surface area contributed by atoms with E-state index in [0.717, 1.165) is 16.8 Å². The van der Waals surface area contributed by atoms with Gasteiger partial charge in [-0.25, -0.2) is 0 Å². The van der Waals surface area contributed by atoms with Crippen molar-refractivity contribution < 1.29 is 4.42 Å². The number of fused-ring (bicyclic) bond motifs is 1. The number of benzene rings is 1. The summed E-state index contributed by atoms with van der Waals surface area (Å²) in [6, 6.07) is 8.29. The van der Waals surface area contributed by atoms with Crippen molar-refractivity contribution in [2.75, 3.05) is 5.73 Å². The Morgan fingerprint density at radius 2 is 2.11 bits per heavy atom. The van der Waals surface area contributed by atoms with Crippen molar-refractivity contribution in [3.05, 3.63) is 30.5 Å². The zero-order valence-electron chi connectivity index (χ0n) is 10.3. The minimum Gasteiger partial charge on any atom is -0.424 e. The lowest BCUT2D eigenvalue weighted by Gasteiger charge is -2.03. The Morgan fingerprint density at radius 1 is 1.28 bits per heavy atom. The summed E-state index contributed by atoms with van der Waals surface area (Å²) in [7, 11) is 0. The van der Waals surface area contributed by atoms with Gasteiger partial charge in [-0.15, -0.1) is 0 Å². The van der Waals surface area contributed by atoms with Crippen molar-refractivity contribution in [2.24, 2.45) is 0 Å². The first-order chi connectivity index (χ1) is 8.63. The molecule has 0 saturated heterocycles. The van der Waals surface area contributed by atoms with Gasteiger partial charge in [0.2, 0.25) is 0 Å². The topological polar surface area (TPSA) is 69.9 Å². The Kier molecular flexibility index (Phi) is 2.33. The second-order valence-corrected chi connectivity index (χ2v) is 4.51. The minimum absolute atomic E-state index is 0.190. The van der Waals surface area contributed by atoms with Gasteiger partial charge in [0.15, 0.2) is 5.58 Å². The van der Waals surface area contributed by atoms with Crippen LogP contribution in [0.2, 0.25) is 0 Å². The molecular weight excluding hydrogens is 228 g/mol. The van der Waals surface area contributed by atoms with E-state index in [1.165, 1.54) is 0 Å². The molecule has 3 rings (SSSR count). The minimum atomic E-state index is 0.190. The Balaban J connectivity index is 2.06. The molecule has 0 unspecified atom stereocenters. The molecule has 2 N–H and O–H groups in total. The van der Waals surface area contributed by atoms with Crippen molar-refractivity contribution in [1.29, 1.82) is 0 Å². The van der Waals surface area contributed by atoms with Gasteiger partial charge in [0.05, 0.1) is 5.69 Å². The van der Waals surface area contributed by atoms with Gasteiger partial charge < -0.3 is 10.2 Å². The van der Waals surface area contributed by atoms with Crippen LogP contribution in [-0.4, -0.2) is 14.8 Å². The molecule has 5 nitrogen and oxygen atoms in total. The van der Waals surface area contributed by atoms with Crippen LogP contribution in [0.5, 0.6) is 0 Å². The van der Waals surface area contributed by atoms with E-state index in [9.17, 15) is 0 Å². The van der Waals surface area contributed by atoms with Crippen LogP contribution in [0.3, 0.4) is 0 Å². The Hall–Kier alpha value is -2.30. The smallest absolute Gasteiger partial charge is 0.292 e. The molecule has 0 fully saturated rings. The molecule has 0 aliphatic carbocycles. The molecule has 0 radical (unpaired) electrons. The molecule has 0 aliphatic rings. The number of nitrogens with zero attached hydrogens (tertiary/aromatic N) is 3. The SMILES string of the molecule is CC(C)n1ccc(-c2ccc3oc(N)nc3c2)n1. The maximum Gasteiger partial charge on any atom is 0.292 e. The number of nitrogen functional groups attached to an aromatic ring is 1. The quantitative estimate of drug-likeness (QED) is 0.750. The fraction of sp³-hybridized carbons (Fsp3) is 0.231. The molecule has 0 amide bonds. The maximum atomic E-state index is 5.53. The van der Waals surface area contributed by atoms with Crippen molar-refractivity contribution in [2.45, 2.75) is 19.9 Å². The number of rotatable bonds is 2. The number of anilines is 1. The lowest BCUT2D eigenvalue weighted by molar-refractivity contribution is 0.534. The number of oxazole rings is 1. The predicted octanol–water partition coefficient (Wildman–Crippen LogP) is 2.85.